The molecule has 3 heterocycles. The van der Waals surface area contributed by atoms with Gasteiger partial charge < -0.3 is 9.42 Å². The lowest BCUT2D eigenvalue weighted by molar-refractivity contribution is 0.0631. The smallest absolute Gasteiger partial charge is 0.293 e. The van der Waals surface area contributed by atoms with Crippen LogP contribution in [0.1, 0.15) is 53.7 Å². The summed E-state index contributed by atoms with van der Waals surface area (Å²) in [6.45, 7) is 2.49. The molecule has 1 saturated heterocycles. The van der Waals surface area contributed by atoms with Crippen molar-refractivity contribution >= 4 is 17.5 Å². The van der Waals surface area contributed by atoms with Crippen molar-refractivity contribution in [1.82, 2.24) is 19.8 Å². The van der Waals surface area contributed by atoms with Crippen molar-refractivity contribution in [1.29, 1.82) is 0 Å². The lowest BCUT2D eigenvalue weighted by Gasteiger charge is -2.29. The third kappa shape index (κ3) is 2.75. The van der Waals surface area contributed by atoms with Crippen LogP contribution in [0.5, 0.6) is 0 Å². The minimum Gasteiger partial charge on any atom is -0.351 e. The molecule has 2 aromatic heterocycles. The van der Waals surface area contributed by atoms with Crippen LogP contribution in [0.3, 0.4) is 0 Å². The maximum Gasteiger partial charge on any atom is 0.293 e. The number of carbonyl (C=O) groups is 1. The van der Waals surface area contributed by atoms with E-state index < -0.39 is 0 Å². The van der Waals surface area contributed by atoms with Crippen LogP contribution in [0.2, 0.25) is 5.02 Å². The van der Waals surface area contributed by atoms with Crippen LogP contribution >= 0.6 is 11.6 Å². The van der Waals surface area contributed by atoms with Crippen molar-refractivity contribution in [2.45, 2.75) is 38.6 Å². The Hall–Kier alpha value is -1.82. The molecule has 0 saturated carbocycles. The zero-order valence-electron chi connectivity index (χ0n) is 12.8. The minimum atomic E-state index is -0.134. The number of hydrogen-bond donors (Lipinski definition) is 0. The summed E-state index contributed by atoms with van der Waals surface area (Å²) in [5.74, 6) is 0.146. The molecule has 1 unspecified atom stereocenters. The highest BCUT2D eigenvalue weighted by atomic mass is 35.5. The molecular formula is C15H19ClN4O2. The Bertz CT molecular complexity index is 659. The molecule has 118 valence electrons. The van der Waals surface area contributed by atoms with Crippen LogP contribution < -0.4 is 0 Å². The fourth-order valence-electron chi connectivity index (χ4n) is 3.04. The van der Waals surface area contributed by atoms with Gasteiger partial charge in [-0.25, -0.2) is 0 Å². The summed E-state index contributed by atoms with van der Waals surface area (Å²) in [6.07, 6.45) is 5.64. The van der Waals surface area contributed by atoms with Crippen molar-refractivity contribution in [2.75, 3.05) is 6.54 Å². The first kappa shape index (κ1) is 15.1. The van der Waals surface area contributed by atoms with Crippen molar-refractivity contribution in [3.05, 3.63) is 34.4 Å². The SMILES string of the molecule is Cc1cc(C(=O)N2CCCCCC2c2c(Cl)cnn2C)on1. The van der Waals surface area contributed by atoms with Crippen LogP contribution in [-0.4, -0.2) is 32.3 Å². The van der Waals surface area contributed by atoms with Gasteiger partial charge in [-0.1, -0.05) is 29.6 Å². The summed E-state index contributed by atoms with van der Waals surface area (Å²) in [6, 6.07) is 1.59. The zero-order chi connectivity index (χ0) is 15.7. The molecule has 0 N–H and O–H groups in total. The Kier molecular flexibility index (Phi) is 4.20. The predicted molar refractivity (Wildman–Crippen MR) is 81.7 cm³/mol. The molecule has 3 rings (SSSR count). The highest BCUT2D eigenvalue weighted by Crippen LogP contribution is 2.34. The monoisotopic (exact) mass is 322 g/mol. The largest absolute Gasteiger partial charge is 0.351 e. The van der Waals surface area contributed by atoms with Gasteiger partial charge in [0.05, 0.1) is 28.6 Å². The molecule has 0 aliphatic carbocycles. The summed E-state index contributed by atoms with van der Waals surface area (Å²) < 4.78 is 6.90. The summed E-state index contributed by atoms with van der Waals surface area (Å²) in [7, 11) is 1.85. The quantitative estimate of drug-likeness (QED) is 0.852. The number of nitrogens with zero attached hydrogens (tertiary/aromatic N) is 4. The number of rotatable bonds is 2. The second-order valence-electron chi connectivity index (χ2n) is 5.70. The molecular weight excluding hydrogens is 304 g/mol. The number of aryl methyl sites for hydroxylation is 2. The minimum absolute atomic E-state index is 0.0830. The van der Waals surface area contributed by atoms with Gasteiger partial charge in [0.25, 0.3) is 5.91 Å². The number of amides is 1. The molecule has 22 heavy (non-hydrogen) atoms. The molecule has 1 aliphatic heterocycles. The fourth-order valence-corrected chi connectivity index (χ4v) is 3.33. The topological polar surface area (TPSA) is 64.2 Å². The van der Waals surface area contributed by atoms with Gasteiger partial charge in [-0.3, -0.25) is 9.48 Å². The number of likely N-dealkylation sites (tertiary alicyclic amines) is 1. The van der Waals surface area contributed by atoms with E-state index in [1.165, 1.54) is 0 Å². The Morgan fingerprint density at radius 3 is 2.86 bits per heavy atom. The van der Waals surface area contributed by atoms with Gasteiger partial charge in [0.2, 0.25) is 5.76 Å². The average Bonchev–Trinajstić information content (AvgIpc) is 2.97. The summed E-state index contributed by atoms with van der Waals surface area (Å²) in [5, 5.41) is 8.61. The highest BCUT2D eigenvalue weighted by Gasteiger charge is 2.32. The third-order valence-corrected chi connectivity index (χ3v) is 4.40. The van der Waals surface area contributed by atoms with Crippen molar-refractivity contribution in [2.24, 2.45) is 7.05 Å². The average molecular weight is 323 g/mol. The van der Waals surface area contributed by atoms with Crippen LogP contribution in [0.4, 0.5) is 0 Å². The van der Waals surface area contributed by atoms with Gasteiger partial charge in [0.1, 0.15) is 0 Å². The first-order chi connectivity index (χ1) is 10.6. The normalized spacial score (nSPS) is 19.2. The molecule has 0 bridgehead atoms. The predicted octanol–water partition coefficient (Wildman–Crippen LogP) is 3.13. The summed E-state index contributed by atoms with van der Waals surface area (Å²) >= 11 is 6.29. The molecule has 1 amide bonds. The summed E-state index contributed by atoms with van der Waals surface area (Å²) in [4.78, 5) is 14.7. The Balaban J connectivity index is 1.96. The van der Waals surface area contributed by atoms with Crippen LogP contribution in [-0.2, 0) is 7.05 Å². The Morgan fingerprint density at radius 2 is 2.23 bits per heavy atom. The maximum absolute atomic E-state index is 12.8. The second-order valence-corrected chi connectivity index (χ2v) is 6.10. The van der Waals surface area contributed by atoms with Crippen LogP contribution in [0.25, 0.3) is 0 Å². The van der Waals surface area contributed by atoms with Gasteiger partial charge in [0.15, 0.2) is 0 Å². The second kappa shape index (κ2) is 6.12. The standard InChI is InChI=1S/C15H19ClN4O2/c1-10-8-13(22-18-10)15(21)20-7-5-3-4-6-12(20)14-11(16)9-17-19(14)2/h8-9,12H,3-7H2,1-2H3. The molecule has 1 aliphatic rings. The molecule has 0 aromatic carbocycles. The van der Waals surface area contributed by atoms with E-state index in [2.05, 4.69) is 10.3 Å². The summed E-state index contributed by atoms with van der Waals surface area (Å²) in [5.41, 5.74) is 1.58. The maximum atomic E-state index is 12.8. The number of halogens is 1. The molecule has 0 spiro atoms. The van der Waals surface area contributed by atoms with E-state index >= 15 is 0 Å². The van der Waals surface area contributed by atoms with Gasteiger partial charge in [-0.05, 0) is 19.8 Å². The number of carbonyl (C=O) groups excluding carboxylic acids is 1. The van der Waals surface area contributed by atoms with Gasteiger partial charge in [0, 0.05) is 19.7 Å². The van der Waals surface area contributed by atoms with Crippen molar-refractivity contribution in [3.8, 4) is 0 Å². The molecule has 2 aromatic rings. The zero-order valence-corrected chi connectivity index (χ0v) is 13.5. The van der Waals surface area contributed by atoms with Crippen molar-refractivity contribution < 1.29 is 9.32 Å². The Morgan fingerprint density at radius 1 is 1.41 bits per heavy atom. The van der Waals surface area contributed by atoms with Crippen LogP contribution in [0, 0.1) is 6.92 Å². The lowest BCUT2D eigenvalue weighted by Crippen LogP contribution is -2.35. The number of aromatic nitrogens is 3. The molecule has 6 nitrogen and oxygen atoms in total. The first-order valence-electron chi connectivity index (χ1n) is 7.49. The molecule has 7 heteroatoms. The molecule has 1 fully saturated rings. The van der Waals surface area contributed by atoms with Gasteiger partial charge in [-0.15, -0.1) is 0 Å². The lowest BCUT2D eigenvalue weighted by atomic mass is 10.1. The highest BCUT2D eigenvalue weighted by molar-refractivity contribution is 6.31. The van der Waals surface area contributed by atoms with E-state index in [0.717, 1.165) is 31.4 Å². The molecule has 1 atom stereocenters. The van der Waals surface area contributed by atoms with E-state index in [1.54, 1.807) is 23.9 Å². The van der Waals surface area contributed by atoms with E-state index in [-0.39, 0.29) is 17.7 Å². The van der Waals surface area contributed by atoms with E-state index in [4.69, 9.17) is 16.1 Å². The molecule has 0 radical (unpaired) electrons. The van der Waals surface area contributed by atoms with Crippen molar-refractivity contribution in [3.63, 3.8) is 0 Å². The van der Waals surface area contributed by atoms with E-state index in [0.29, 0.717) is 17.3 Å². The Labute approximate surface area is 134 Å². The van der Waals surface area contributed by atoms with E-state index in [9.17, 15) is 4.79 Å². The van der Waals surface area contributed by atoms with E-state index in [1.807, 2.05) is 11.9 Å². The number of hydrogen-bond acceptors (Lipinski definition) is 4. The van der Waals surface area contributed by atoms with Gasteiger partial charge in [-0.2, -0.15) is 5.10 Å². The first-order valence-corrected chi connectivity index (χ1v) is 7.87. The van der Waals surface area contributed by atoms with Gasteiger partial charge >= 0.3 is 0 Å². The third-order valence-electron chi connectivity index (χ3n) is 4.11. The van der Waals surface area contributed by atoms with Crippen LogP contribution in [0.15, 0.2) is 16.8 Å². The fraction of sp³-hybridized carbons (Fsp3) is 0.533.